The molecule has 3 rings (SSSR count). The summed E-state index contributed by atoms with van der Waals surface area (Å²) in [5, 5.41) is 20.1. The van der Waals surface area contributed by atoms with E-state index < -0.39 is 5.60 Å². The Morgan fingerprint density at radius 3 is 2.29 bits per heavy atom. The predicted molar refractivity (Wildman–Crippen MR) is 94.2 cm³/mol. The van der Waals surface area contributed by atoms with E-state index in [0.29, 0.717) is 5.56 Å². The number of aliphatic hydroxyl groups is 1. The molecule has 24 heavy (non-hydrogen) atoms. The van der Waals surface area contributed by atoms with Crippen molar-refractivity contribution in [3.63, 3.8) is 0 Å². The quantitative estimate of drug-likeness (QED) is 0.832. The molecular formula is C20H29NO3. The number of β-amino-alcohol motifs (C(OH)–C–C–N with tert-alkyl or cyclic N) is 1. The van der Waals surface area contributed by atoms with E-state index in [1.807, 2.05) is 0 Å². The lowest BCUT2D eigenvalue weighted by molar-refractivity contribution is -0.0400. The Hall–Kier alpha value is -1.39. The second kappa shape index (κ2) is 7.24. The highest BCUT2D eigenvalue weighted by atomic mass is 16.3. The normalized spacial score (nSPS) is 29.5. The molecule has 1 aromatic carbocycles. The number of phenols is 1. The van der Waals surface area contributed by atoms with E-state index in [0.717, 1.165) is 64.1 Å². The average Bonchev–Trinajstić information content (AvgIpc) is 2.59. The standard InChI is InChI=1S/C20H29NO3/c1-15-6-10-20(24,11-7-15)14-21-12-8-17(9-13-21)19(23)16-2-4-18(22)5-3-16/h2-5,15,17,22,24H,6-14H2,1H3. The van der Waals surface area contributed by atoms with Crippen LogP contribution in [0.3, 0.4) is 0 Å². The summed E-state index contributed by atoms with van der Waals surface area (Å²) in [7, 11) is 0. The van der Waals surface area contributed by atoms with E-state index in [1.54, 1.807) is 24.3 Å². The van der Waals surface area contributed by atoms with Gasteiger partial charge in [-0.25, -0.2) is 0 Å². The first-order valence-electron chi connectivity index (χ1n) is 9.23. The van der Waals surface area contributed by atoms with Crippen LogP contribution in [0.25, 0.3) is 0 Å². The van der Waals surface area contributed by atoms with Crippen LogP contribution in [0.2, 0.25) is 0 Å². The highest BCUT2D eigenvalue weighted by Gasteiger charge is 2.35. The van der Waals surface area contributed by atoms with Crippen molar-refractivity contribution in [1.29, 1.82) is 0 Å². The molecule has 1 heterocycles. The lowest BCUT2D eigenvalue weighted by Crippen LogP contribution is -2.48. The SMILES string of the molecule is CC1CCC(O)(CN2CCC(C(=O)c3ccc(O)cc3)CC2)CC1. The van der Waals surface area contributed by atoms with E-state index in [1.165, 1.54) is 0 Å². The number of hydrogen-bond donors (Lipinski definition) is 2. The van der Waals surface area contributed by atoms with Crippen molar-refractivity contribution < 1.29 is 15.0 Å². The minimum Gasteiger partial charge on any atom is -0.508 e. The maximum Gasteiger partial charge on any atom is 0.166 e. The first-order chi connectivity index (χ1) is 11.5. The van der Waals surface area contributed by atoms with E-state index in [4.69, 9.17) is 0 Å². The highest BCUT2D eigenvalue weighted by Crippen LogP contribution is 2.33. The van der Waals surface area contributed by atoms with Crippen LogP contribution in [0, 0.1) is 11.8 Å². The molecule has 2 N–H and O–H groups in total. The Kier molecular flexibility index (Phi) is 5.26. The van der Waals surface area contributed by atoms with Gasteiger partial charge >= 0.3 is 0 Å². The van der Waals surface area contributed by atoms with Gasteiger partial charge in [-0.3, -0.25) is 4.79 Å². The summed E-state index contributed by atoms with van der Waals surface area (Å²) in [5.74, 6) is 1.17. The summed E-state index contributed by atoms with van der Waals surface area (Å²) in [6.45, 7) is 4.78. The summed E-state index contributed by atoms with van der Waals surface area (Å²) in [6, 6.07) is 6.55. The van der Waals surface area contributed by atoms with Crippen LogP contribution in [0.4, 0.5) is 0 Å². The fraction of sp³-hybridized carbons (Fsp3) is 0.650. The number of carbonyl (C=O) groups excluding carboxylic acids is 1. The van der Waals surface area contributed by atoms with E-state index in [2.05, 4.69) is 11.8 Å². The maximum absolute atomic E-state index is 12.6. The van der Waals surface area contributed by atoms with Gasteiger partial charge in [0.1, 0.15) is 5.75 Å². The number of benzene rings is 1. The van der Waals surface area contributed by atoms with Gasteiger partial charge in [0.05, 0.1) is 5.60 Å². The van der Waals surface area contributed by atoms with Crippen molar-refractivity contribution in [2.45, 2.75) is 51.0 Å². The molecule has 0 spiro atoms. The molecule has 4 heteroatoms. The molecule has 1 aromatic rings. The first-order valence-corrected chi connectivity index (χ1v) is 9.23. The van der Waals surface area contributed by atoms with Crippen molar-refractivity contribution in [3.05, 3.63) is 29.8 Å². The van der Waals surface area contributed by atoms with Gasteiger partial charge in [0.2, 0.25) is 0 Å². The van der Waals surface area contributed by atoms with E-state index in [-0.39, 0.29) is 17.5 Å². The van der Waals surface area contributed by atoms with Gasteiger partial charge < -0.3 is 15.1 Å². The van der Waals surface area contributed by atoms with Crippen LogP contribution < -0.4 is 0 Å². The van der Waals surface area contributed by atoms with E-state index >= 15 is 0 Å². The summed E-state index contributed by atoms with van der Waals surface area (Å²) >= 11 is 0. The van der Waals surface area contributed by atoms with Crippen LogP contribution in [0.1, 0.15) is 55.8 Å². The molecular weight excluding hydrogens is 302 g/mol. The smallest absolute Gasteiger partial charge is 0.166 e. The predicted octanol–water partition coefficient (Wildman–Crippen LogP) is 3.23. The molecule has 2 fully saturated rings. The fourth-order valence-electron chi connectivity index (χ4n) is 4.09. The topological polar surface area (TPSA) is 60.8 Å². The van der Waals surface area contributed by atoms with Crippen LogP contribution in [-0.4, -0.2) is 46.1 Å². The monoisotopic (exact) mass is 331 g/mol. The molecule has 4 nitrogen and oxygen atoms in total. The third-order valence-electron chi connectivity index (χ3n) is 5.83. The molecule has 0 unspecified atom stereocenters. The Balaban J connectivity index is 1.50. The largest absolute Gasteiger partial charge is 0.508 e. The zero-order chi connectivity index (χ0) is 17.2. The molecule has 1 saturated heterocycles. The number of ketones is 1. The van der Waals surface area contributed by atoms with Gasteiger partial charge in [0, 0.05) is 18.0 Å². The third-order valence-corrected chi connectivity index (χ3v) is 5.83. The van der Waals surface area contributed by atoms with Gasteiger partial charge in [0.15, 0.2) is 5.78 Å². The molecule has 1 saturated carbocycles. The molecule has 2 aliphatic rings. The van der Waals surface area contributed by atoms with Gasteiger partial charge in [-0.2, -0.15) is 0 Å². The lowest BCUT2D eigenvalue weighted by Gasteiger charge is -2.41. The zero-order valence-electron chi connectivity index (χ0n) is 14.6. The fourth-order valence-corrected chi connectivity index (χ4v) is 4.09. The molecule has 0 amide bonds. The Bertz CT molecular complexity index is 553. The van der Waals surface area contributed by atoms with Crippen LogP contribution in [0.5, 0.6) is 5.75 Å². The number of aromatic hydroxyl groups is 1. The molecule has 132 valence electrons. The molecule has 1 aliphatic heterocycles. The molecule has 0 aromatic heterocycles. The van der Waals surface area contributed by atoms with Crippen molar-refractivity contribution in [2.75, 3.05) is 19.6 Å². The number of Topliss-reactive ketones (excluding diaryl/α,β-unsaturated/α-hetero) is 1. The molecule has 0 bridgehead atoms. The van der Waals surface area contributed by atoms with Gasteiger partial charge in [0.25, 0.3) is 0 Å². The lowest BCUT2D eigenvalue weighted by atomic mass is 9.79. The number of nitrogens with zero attached hydrogens (tertiary/aromatic N) is 1. The van der Waals surface area contributed by atoms with Crippen LogP contribution in [-0.2, 0) is 0 Å². The number of carbonyl (C=O) groups is 1. The summed E-state index contributed by atoms with van der Waals surface area (Å²) < 4.78 is 0. The second-order valence-electron chi connectivity index (χ2n) is 7.87. The van der Waals surface area contributed by atoms with Crippen molar-refractivity contribution in [1.82, 2.24) is 4.90 Å². The zero-order valence-corrected chi connectivity index (χ0v) is 14.6. The van der Waals surface area contributed by atoms with Crippen LogP contribution in [0.15, 0.2) is 24.3 Å². The summed E-state index contributed by atoms with van der Waals surface area (Å²) in [6.07, 6.45) is 5.75. The minimum absolute atomic E-state index is 0.0619. The molecule has 1 aliphatic carbocycles. The number of rotatable bonds is 4. The first kappa shape index (κ1) is 17.4. The Labute approximate surface area is 144 Å². The average molecular weight is 331 g/mol. The van der Waals surface area contributed by atoms with E-state index in [9.17, 15) is 15.0 Å². The number of likely N-dealkylation sites (tertiary alicyclic amines) is 1. The Morgan fingerprint density at radius 2 is 1.71 bits per heavy atom. The maximum atomic E-state index is 12.6. The summed E-state index contributed by atoms with van der Waals surface area (Å²) in [5.41, 5.74) is 0.159. The third kappa shape index (κ3) is 4.17. The minimum atomic E-state index is -0.527. The van der Waals surface area contributed by atoms with Crippen molar-refractivity contribution >= 4 is 5.78 Å². The van der Waals surface area contributed by atoms with Crippen LogP contribution >= 0.6 is 0 Å². The van der Waals surface area contributed by atoms with Crippen molar-refractivity contribution in [2.24, 2.45) is 11.8 Å². The van der Waals surface area contributed by atoms with Gasteiger partial charge in [-0.05, 0) is 81.8 Å². The molecule has 0 atom stereocenters. The number of piperidine rings is 1. The summed E-state index contributed by atoms with van der Waals surface area (Å²) in [4.78, 5) is 14.9. The van der Waals surface area contributed by atoms with Crippen molar-refractivity contribution in [3.8, 4) is 5.75 Å². The van der Waals surface area contributed by atoms with Gasteiger partial charge in [-0.15, -0.1) is 0 Å². The second-order valence-corrected chi connectivity index (χ2v) is 7.87. The Morgan fingerprint density at radius 1 is 1.12 bits per heavy atom. The number of phenolic OH excluding ortho intramolecular Hbond substituents is 1. The molecule has 0 radical (unpaired) electrons. The van der Waals surface area contributed by atoms with Gasteiger partial charge in [-0.1, -0.05) is 6.92 Å². The number of hydrogen-bond acceptors (Lipinski definition) is 4. The highest BCUT2D eigenvalue weighted by molar-refractivity contribution is 5.98.